The molecule has 0 saturated carbocycles. The lowest BCUT2D eigenvalue weighted by Gasteiger charge is -2.45. The molecule has 1 spiro atoms. The quantitative estimate of drug-likeness (QED) is 0.365. The van der Waals surface area contributed by atoms with Crippen molar-refractivity contribution >= 4 is 21.6 Å². The molecule has 4 aromatic rings. The molecule has 0 amide bonds. The summed E-state index contributed by atoms with van der Waals surface area (Å²) < 4.78 is 19.4. The highest BCUT2D eigenvalue weighted by Gasteiger charge is 2.46. The molecule has 2 fully saturated rings. The Kier molecular flexibility index (Phi) is 6.03. The van der Waals surface area contributed by atoms with Gasteiger partial charge < -0.3 is 14.2 Å². The first-order chi connectivity index (χ1) is 17.6. The molecular formula is C28H29N3O4S. The van der Waals surface area contributed by atoms with Crippen LogP contribution in [0.25, 0.3) is 26.3 Å². The van der Waals surface area contributed by atoms with E-state index in [1.54, 1.807) is 18.0 Å². The molecule has 0 atom stereocenters. The van der Waals surface area contributed by atoms with Crippen LogP contribution < -0.4 is 15.0 Å². The zero-order valence-electron chi connectivity index (χ0n) is 20.5. The Morgan fingerprint density at radius 2 is 1.94 bits per heavy atom. The molecule has 2 aromatic carbocycles. The van der Waals surface area contributed by atoms with E-state index < -0.39 is 0 Å². The van der Waals surface area contributed by atoms with Crippen LogP contribution in [0.2, 0.25) is 0 Å². The number of nitrogens with zero attached hydrogens (tertiary/aromatic N) is 3. The SMILES string of the molecule is COc1cc(-n2cnc3cc(-c4ccc(C)cc4)sc3c2=O)ccc1OCCN1CCCC12COC2. The van der Waals surface area contributed by atoms with E-state index in [0.717, 1.165) is 36.7 Å². The molecule has 0 aliphatic carbocycles. The molecule has 2 aromatic heterocycles. The predicted molar refractivity (Wildman–Crippen MR) is 142 cm³/mol. The van der Waals surface area contributed by atoms with E-state index in [4.69, 9.17) is 14.2 Å². The third-order valence-corrected chi connectivity index (χ3v) is 8.46. The second kappa shape index (κ2) is 9.35. The fourth-order valence-electron chi connectivity index (χ4n) is 5.16. The molecular weight excluding hydrogens is 474 g/mol. The number of aryl methyl sites for hydroxylation is 1. The lowest BCUT2D eigenvalue weighted by molar-refractivity contribution is -0.124. The van der Waals surface area contributed by atoms with Gasteiger partial charge in [0, 0.05) is 17.5 Å². The van der Waals surface area contributed by atoms with Gasteiger partial charge in [0.1, 0.15) is 17.6 Å². The zero-order valence-corrected chi connectivity index (χ0v) is 21.3. The molecule has 6 rings (SSSR count). The van der Waals surface area contributed by atoms with Crippen molar-refractivity contribution in [2.24, 2.45) is 0 Å². The number of hydrogen-bond donors (Lipinski definition) is 0. The minimum Gasteiger partial charge on any atom is -0.493 e. The van der Waals surface area contributed by atoms with Gasteiger partial charge in [0.25, 0.3) is 5.56 Å². The van der Waals surface area contributed by atoms with Gasteiger partial charge in [-0.3, -0.25) is 14.3 Å². The first-order valence-electron chi connectivity index (χ1n) is 12.3. The van der Waals surface area contributed by atoms with Gasteiger partial charge in [-0.25, -0.2) is 4.98 Å². The number of methoxy groups -OCH3 is 1. The fourth-order valence-corrected chi connectivity index (χ4v) is 6.20. The number of rotatable bonds is 7. The maximum atomic E-state index is 13.4. The van der Waals surface area contributed by atoms with Crippen molar-refractivity contribution in [1.29, 1.82) is 0 Å². The Labute approximate surface area is 213 Å². The standard InChI is InChI=1S/C28H29N3O4S/c1-19-4-6-20(7-5-19)25-15-22-26(36-25)27(32)31(18-29-22)21-8-9-23(24(14-21)33-2)35-13-12-30-11-3-10-28(30)16-34-17-28/h4-9,14-15,18H,3,10-13,16-17H2,1-2H3. The van der Waals surface area contributed by atoms with Crippen molar-refractivity contribution in [2.75, 3.05) is 40.0 Å². The van der Waals surface area contributed by atoms with Gasteiger partial charge in [-0.2, -0.15) is 0 Å². The minimum absolute atomic E-state index is 0.0962. The Morgan fingerprint density at radius 3 is 2.69 bits per heavy atom. The molecule has 2 saturated heterocycles. The topological polar surface area (TPSA) is 65.8 Å². The van der Waals surface area contributed by atoms with Crippen molar-refractivity contribution < 1.29 is 14.2 Å². The normalized spacial score (nSPS) is 16.9. The largest absolute Gasteiger partial charge is 0.493 e. The second-order valence-electron chi connectivity index (χ2n) is 9.60. The van der Waals surface area contributed by atoms with Crippen LogP contribution in [-0.2, 0) is 4.74 Å². The number of benzene rings is 2. The second-order valence-corrected chi connectivity index (χ2v) is 10.7. The predicted octanol–water partition coefficient (Wildman–Crippen LogP) is 4.67. The maximum absolute atomic E-state index is 13.4. The Balaban J connectivity index is 1.22. The summed E-state index contributed by atoms with van der Waals surface area (Å²) in [4.78, 5) is 21.5. The molecule has 186 valence electrons. The van der Waals surface area contributed by atoms with Gasteiger partial charge in [-0.05, 0) is 50.1 Å². The highest BCUT2D eigenvalue weighted by molar-refractivity contribution is 7.22. The summed E-state index contributed by atoms with van der Waals surface area (Å²) in [7, 11) is 1.62. The summed E-state index contributed by atoms with van der Waals surface area (Å²) in [6.45, 7) is 6.24. The highest BCUT2D eigenvalue weighted by Crippen LogP contribution is 2.36. The molecule has 0 bridgehead atoms. The third kappa shape index (κ3) is 4.09. The van der Waals surface area contributed by atoms with E-state index in [1.165, 1.54) is 29.7 Å². The smallest absolute Gasteiger partial charge is 0.275 e. The van der Waals surface area contributed by atoms with Crippen LogP contribution in [0.4, 0.5) is 0 Å². The number of fused-ring (bicyclic) bond motifs is 1. The maximum Gasteiger partial charge on any atom is 0.275 e. The molecule has 7 nitrogen and oxygen atoms in total. The summed E-state index contributed by atoms with van der Waals surface area (Å²) in [6, 6.07) is 15.8. The van der Waals surface area contributed by atoms with Crippen molar-refractivity contribution in [3.05, 3.63) is 70.8 Å². The molecule has 0 unspecified atom stereocenters. The molecule has 2 aliphatic heterocycles. The highest BCUT2D eigenvalue weighted by atomic mass is 32.1. The molecule has 2 aliphatic rings. The van der Waals surface area contributed by atoms with Gasteiger partial charge in [0.2, 0.25) is 0 Å². The molecule has 4 heterocycles. The molecule has 0 N–H and O–H groups in total. The summed E-state index contributed by atoms with van der Waals surface area (Å²) >= 11 is 1.47. The summed E-state index contributed by atoms with van der Waals surface area (Å²) in [6.07, 6.45) is 4.00. The van der Waals surface area contributed by atoms with Crippen molar-refractivity contribution in [3.8, 4) is 27.6 Å². The van der Waals surface area contributed by atoms with E-state index >= 15 is 0 Å². The van der Waals surface area contributed by atoms with Crippen LogP contribution >= 0.6 is 11.3 Å². The number of hydrogen-bond acceptors (Lipinski definition) is 7. The lowest BCUT2D eigenvalue weighted by atomic mass is 9.94. The Hall–Kier alpha value is -3.20. The van der Waals surface area contributed by atoms with Crippen molar-refractivity contribution in [1.82, 2.24) is 14.5 Å². The average Bonchev–Trinajstić information content (AvgIpc) is 3.50. The summed E-state index contributed by atoms with van der Waals surface area (Å²) in [5, 5.41) is 0. The van der Waals surface area contributed by atoms with Gasteiger partial charge in [-0.15, -0.1) is 11.3 Å². The zero-order chi connectivity index (χ0) is 24.7. The number of thiophene rings is 1. The first kappa shape index (κ1) is 23.2. The average molecular weight is 504 g/mol. The van der Waals surface area contributed by atoms with Crippen LogP contribution in [0, 0.1) is 6.92 Å². The number of aromatic nitrogens is 2. The van der Waals surface area contributed by atoms with Gasteiger partial charge in [0.15, 0.2) is 11.5 Å². The van der Waals surface area contributed by atoms with Crippen LogP contribution in [0.15, 0.2) is 59.7 Å². The van der Waals surface area contributed by atoms with Gasteiger partial charge in [0.05, 0.1) is 37.1 Å². The number of ether oxygens (including phenoxy) is 3. The number of likely N-dealkylation sites (tertiary alicyclic amines) is 1. The van der Waals surface area contributed by atoms with Crippen LogP contribution in [-0.4, -0.2) is 60.0 Å². The fraction of sp³-hybridized carbons (Fsp3) is 0.357. The first-order valence-corrected chi connectivity index (χ1v) is 13.1. The minimum atomic E-state index is -0.0962. The Morgan fingerprint density at radius 1 is 1.11 bits per heavy atom. The van der Waals surface area contributed by atoms with Crippen LogP contribution in [0.1, 0.15) is 18.4 Å². The van der Waals surface area contributed by atoms with E-state index in [-0.39, 0.29) is 11.1 Å². The molecule has 0 radical (unpaired) electrons. The molecule has 8 heteroatoms. The van der Waals surface area contributed by atoms with E-state index in [1.807, 2.05) is 24.3 Å². The van der Waals surface area contributed by atoms with Crippen LogP contribution in [0.5, 0.6) is 11.5 Å². The van der Waals surface area contributed by atoms with Gasteiger partial charge >= 0.3 is 0 Å². The van der Waals surface area contributed by atoms with E-state index in [9.17, 15) is 4.79 Å². The summed E-state index contributed by atoms with van der Waals surface area (Å²) in [5.41, 5.74) is 3.82. The van der Waals surface area contributed by atoms with Crippen molar-refractivity contribution in [2.45, 2.75) is 25.3 Å². The van der Waals surface area contributed by atoms with Gasteiger partial charge in [-0.1, -0.05) is 29.8 Å². The third-order valence-electron chi connectivity index (χ3n) is 7.30. The van der Waals surface area contributed by atoms with Crippen LogP contribution in [0.3, 0.4) is 0 Å². The summed E-state index contributed by atoms with van der Waals surface area (Å²) in [5.74, 6) is 1.26. The Bertz CT molecular complexity index is 1460. The molecule has 36 heavy (non-hydrogen) atoms. The lowest BCUT2D eigenvalue weighted by Crippen LogP contribution is -2.59. The van der Waals surface area contributed by atoms with Crippen molar-refractivity contribution in [3.63, 3.8) is 0 Å². The van der Waals surface area contributed by atoms with E-state index in [2.05, 4.69) is 41.1 Å². The van der Waals surface area contributed by atoms with E-state index in [0.29, 0.717) is 34.0 Å². The monoisotopic (exact) mass is 503 g/mol.